The van der Waals surface area contributed by atoms with E-state index in [0.29, 0.717) is 12.2 Å². The van der Waals surface area contributed by atoms with E-state index in [0.717, 1.165) is 6.07 Å². The van der Waals surface area contributed by atoms with Crippen LogP contribution < -0.4 is 5.73 Å². The minimum absolute atomic E-state index is 0.263. The van der Waals surface area contributed by atoms with Gasteiger partial charge in [0.1, 0.15) is 6.04 Å². The van der Waals surface area contributed by atoms with Gasteiger partial charge >= 0.3 is 11.7 Å². The van der Waals surface area contributed by atoms with Gasteiger partial charge in [-0.3, -0.25) is 14.9 Å². The fourth-order valence-corrected chi connectivity index (χ4v) is 2.59. The number of benzene rings is 1. The summed E-state index contributed by atoms with van der Waals surface area (Å²) in [6, 6.07) is 3.37. The SMILES string of the molecule is CCOC(=O)C(N)CCSCc1cccc([N+](=O)[O-])c1F. The molecule has 116 valence electrons. The van der Waals surface area contributed by atoms with Gasteiger partial charge < -0.3 is 10.5 Å². The second kappa shape index (κ2) is 8.58. The average molecular weight is 316 g/mol. The zero-order chi connectivity index (χ0) is 15.8. The summed E-state index contributed by atoms with van der Waals surface area (Å²) < 4.78 is 18.6. The van der Waals surface area contributed by atoms with E-state index < -0.39 is 28.4 Å². The summed E-state index contributed by atoms with van der Waals surface area (Å²) in [5.41, 5.74) is 5.36. The Bertz CT molecular complexity index is 513. The monoisotopic (exact) mass is 316 g/mol. The number of thioether (sulfide) groups is 1. The third-order valence-corrected chi connectivity index (χ3v) is 3.71. The number of carbonyl (C=O) groups is 1. The van der Waals surface area contributed by atoms with Crippen molar-refractivity contribution in [2.75, 3.05) is 12.4 Å². The maximum Gasteiger partial charge on any atom is 0.322 e. The first kappa shape index (κ1) is 17.4. The average Bonchev–Trinajstić information content (AvgIpc) is 2.44. The largest absolute Gasteiger partial charge is 0.465 e. The molecule has 2 N–H and O–H groups in total. The van der Waals surface area contributed by atoms with Crippen LogP contribution in [0, 0.1) is 15.9 Å². The fraction of sp³-hybridized carbons (Fsp3) is 0.462. The van der Waals surface area contributed by atoms with Crippen LogP contribution in [0.25, 0.3) is 0 Å². The van der Waals surface area contributed by atoms with Gasteiger partial charge in [-0.2, -0.15) is 16.2 Å². The first-order chi connectivity index (χ1) is 9.97. The maximum atomic E-state index is 13.8. The lowest BCUT2D eigenvalue weighted by atomic mass is 10.2. The summed E-state index contributed by atoms with van der Waals surface area (Å²) in [4.78, 5) is 21.2. The fourth-order valence-electron chi connectivity index (χ4n) is 1.58. The molecule has 0 amide bonds. The predicted molar refractivity (Wildman–Crippen MR) is 78.4 cm³/mol. The molecule has 0 radical (unpaired) electrons. The third-order valence-electron chi connectivity index (χ3n) is 2.68. The lowest BCUT2D eigenvalue weighted by molar-refractivity contribution is -0.387. The number of hydrogen-bond donors (Lipinski definition) is 1. The molecule has 1 rings (SSSR count). The van der Waals surface area contributed by atoms with Crippen LogP contribution in [0.4, 0.5) is 10.1 Å². The van der Waals surface area contributed by atoms with E-state index in [1.807, 2.05) is 0 Å². The summed E-state index contributed by atoms with van der Waals surface area (Å²) in [5, 5.41) is 10.6. The van der Waals surface area contributed by atoms with E-state index in [4.69, 9.17) is 10.5 Å². The van der Waals surface area contributed by atoms with E-state index in [1.165, 1.54) is 23.9 Å². The number of nitrogens with zero attached hydrogens (tertiary/aromatic N) is 1. The highest BCUT2D eigenvalue weighted by atomic mass is 32.2. The lowest BCUT2D eigenvalue weighted by Crippen LogP contribution is -2.32. The van der Waals surface area contributed by atoms with Crippen LogP contribution in [-0.4, -0.2) is 29.3 Å². The normalized spacial score (nSPS) is 12.0. The zero-order valence-corrected chi connectivity index (χ0v) is 12.4. The molecule has 1 aromatic carbocycles. The van der Waals surface area contributed by atoms with Gasteiger partial charge in [-0.1, -0.05) is 12.1 Å². The van der Waals surface area contributed by atoms with Crippen LogP contribution in [0.1, 0.15) is 18.9 Å². The van der Waals surface area contributed by atoms with Crippen molar-refractivity contribution >= 4 is 23.4 Å². The number of carbonyl (C=O) groups excluding carboxylic acids is 1. The Hall–Kier alpha value is -1.67. The Labute approximate surface area is 126 Å². The van der Waals surface area contributed by atoms with E-state index in [-0.39, 0.29) is 17.9 Å². The van der Waals surface area contributed by atoms with Crippen molar-refractivity contribution in [3.8, 4) is 0 Å². The molecule has 0 heterocycles. The van der Waals surface area contributed by atoms with Gasteiger partial charge in [0.2, 0.25) is 5.82 Å². The number of esters is 1. The van der Waals surface area contributed by atoms with Crippen LogP contribution in [0.15, 0.2) is 18.2 Å². The number of nitro benzene ring substituents is 1. The van der Waals surface area contributed by atoms with Crippen molar-refractivity contribution in [1.29, 1.82) is 0 Å². The van der Waals surface area contributed by atoms with Crippen molar-refractivity contribution in [3.63, 3.8) is 0 Å². The van der Waals surface area contributed by atoms with Crippen molar-refractivity contribution in [1.82, 2.24) is 0 Å². The Morgan fingerprint density at radius 1 is 1.57 bits per heavy atom. The van der Waals surface area contributed by atoms with Crippen LogP contribution >= 0.6 is 11.8 Å². The molecule has 21 heavy (non-hydrogen) atoms. The number of halogens is 1. The number of rotatable bonds is 8. The summed E-state index contributed by atoms with van der Waals surface area (Å²) in [5.74, 6) is -0.463. The number of ether oxygens (including phenoxy) is 1. The van der Waals surface area contributed by atoms with Gasteiger partial charge in [-0.25, -0.2) is 0 Å². The number of hydrogen-bond acceptors (Lipinski definition) is 6. The first-order valence-corrected chi connectivity index (χ1v) is 7.54. The van der Waals surface area contributed by atoms with Gasteiger partial charge in [-0.05, 0) is 19.1 Å². The molecule has 1 unspecified atom stereocenters. The van der Waals surface area contributed by atoms with Gasteiger partial charge in [0, 0.05) is 17.4 Å². The molecular formula is C13H17FN2O4S. The van der Waals surface area contributed by atoms with Gasteiger partial charge in [0.05, 0.1) is 11.5 Å². The van der Waals surface area contributed by atoms with E-state index >= 15 is 0 Å². The Kier molecular flexibility index (Phi) is 7.10. The molecule has 0 aromatic heterocycles. The first-order valence-electron chi connectivity index (χ1n) is 6.39. The molecule has 1 aromatic rings. The Morgan fingerprint density at radius 2 is 2.29 bits per heavy atom. The highest BCUT2D eigenvalue weighted by molar-refractivity contribution is 7.98. The molecule has 0 aliphatic carbocycles. The summed E-state index contributed by atoms with van der Waals surface area (Å²) >= 11 is 1.35. The minimum atomic E-state index is -0.815. The van der Waals surface area contributed by atoms with Gasteiger partial charge in [-0.15, -0.1) is 0 Å². The van der Waals surface area contributed by atoms with Crippen molar-refractivity contribution in [3.05, 3.63) is 39.7 Å². The van der Waals surface area contributed by atoms with Crippen molar-refractivity contribution in [2.24, 2.45) is 5.73 Å². The van der Waals surface area contributed by atoms with Gasteiger partial charge in [0.25, 0.3) is 0 Å². The lowest BCUT2D eigenvalue weighted by Gasteiger charge is -2.10. The third kappa shape index (κ3) is 5.31. The molecular weight excluding hydrogens is 299 g/mol. The van der Waals surface area contributed by atoms with Gasteiger partial charge in [0.15, 0.2) is 0 Å². The highest BCUT2D eigenvalue weighted by Crippen LogP contribution is 2.24. The van der Waals surface area contributed by atoms with Crippen molar-refractivity contribution in [2.45, 2.75) is 25.1 Å². The molecule has 0 saturated heterocycles. The molecule has 8 heteroatoms. The topological polar surface area (TPSA) is 95.5 Å². The minimum Gasteiger partial charge on any atom is -0.465 e. The Morgan fingerprint density at radius 3 is 2.90 bits per heavy atom. The summed E-state index contributed by atoms with van der Waals surface area (Å²) in [6.45, 7) is 1.98. The van der Waals surface area contributed by atoms with Crippen LogP contribution in [0.3, 0.4) is 0 Å². The Balaban J connectivity index is 2.45. The molecule has 0 bridgehead atoms. The van der Waals surface area contributed by atoms with E-state index in [2.05, 4.69) is 0 Å². The highest BCUT2D eigenvalue weighted by Gasteiger charge is 2.17. The number of nitro groups is 1. The van der Waals surface area contributed by atoms with Crippen LogP contribution in [-0.2, 0) is 15.3 Å². The standard InChI is InChI=1S/C13H17FN2O4S/c1-2-20-13(17)10(15)6-7-21-8-9-4-3-5-11(12(9)14)16(18)19/h3-5,10H,2,6-8,15H2,1H3. The maximum absolute atomic E-state index is 13.8. The van der Waals surface area contributed by atoms with Crippen LogP contribution in [0.2, 0.25) is 0 Å². The second-order valence-corrected chi connectivity index (χ2v) is 5.31. The zero-order valence-electron chi connectivity index (χ0n) is 11.6. The molecule has 0 spiro atoms. The molecule has 0 fully saturated rings. The smallest absolute Gasteiger partial charge is 0.322 e. The second-order valence-electron chi connectivity index (χ2n) is 4.21. The number of nitrogens with two attached hydrogens (primary N) is 1. The molecule has 0 aliphatic rings. The van der Waals surface area contributed by atoms with E-state index in [9.17, 15) is 19.3 Å². The molecule has 0 aliphatic heterocycles. The van der Waals surface area contributed by atoms with Crippen LogP contribution in [0.5, 0.6) is 0 Å². The summed E-state index contributed by atoms with van der Waals surface area (Å²) in [6.07, 6.45) is 0.403. The molecule has 0 saturated carbocycles. The summed E-state index contributed by atoms with van der Waals surface area (Å²) in [7, 11) is 0. The van der Waals surface area contributed by atoms with Crippen molar-refractivity contribution < 1.29 is 18.8 Å². The molecule has 1 atom stereocenters. The van der Waals surface area contributed by atoms with E-state index in [1.54, 1.807) is 6.92 Å². The quantitative estimate of drug-likeness (QED) is 0.342. The predicted octanol–water partition coefficient (Wildman–Crippen LogP) is 2.25. The molecule has 6 nitrogen and oxygen atoms in total.